The first kappa shape index (κ1) is 15.3. The normalized spacial score (nSPS) is 33.9. The van der Waals surface area contributed by atoms with Crippen molar-refractivity contribution in [2.24, 2.45) is 0 Å². The molecule has 3 saturated heterocycles. The Morgan fingerprint density at radius 1 is 1.32 bits per heavy atom. The molecular formula is C15H23N3O4. The molecule has 3 aliphatic rings. The summed E-state index contributed by atoms with van der Waals surface area (Å²) in [5.41, 5.74) is -0.708. The van der Waals surface area contributed by atoms with Crippen LogP contribution in [0.4, 0.5) is 4.79 Å². The van der Waals surface area contributed by atoms with Crippen molar-refractivity contribution in [1.82, 2.24) is 15.5 Å². The van der Waals surface area contributed by atoms with Gasteiger partial charge in [-0.05, 0) is 45.6 Å². The minimum Gasteiger partial charge on any atom is -0.466 e. The minimum absolute atomic E-state index is 0.147. The second-order valence-corrected chi connectivity index (χ2v) is 6.43. The Hall–Kier alpha value is -1.63. The van der Waals surface area contributed by atoms with Crippen molar-refractivity contribution in [2.75, 3.05) is 13.2 Å². The van der Waals surface area contributed by atoms with Crippen molar-refractivity contribution < 1.29 is 19.1 Å². The molecule has 3 aliphatic heterocycles. The van der Waals surface area contributed by atoms with Gasteiger partial charge >= 0.3 is 12.0 Å². The van der Waals surface area contributed by atoms with E-state index in [0.717, 1.165) is 25.8 Å². The van der Waals surface area contributed by atoms with Crippen LogP contribution in [0.15, 0.2) is 0 Å². The van der Waals surface area contributed by atoms with E-state index in [1.165, 1.54) is 0 Å². The van der Waals surface area contributed by atoms with Crippen LogP contribution < -0.4 is 10.6 Å². The third kappa shape index (κ3) is 2.69. The molecule has 7 heteroatoms. The standard InChI is InChI=1S/C15H23N3O4/c1-2-22-12(19)4-3-7-18-10-5-6-11(18)9-15(8-10)13(20)16-14(21)17-15/h10-11H,2-9H2,1H3,(H2,16,17,20,21). The molecule has 0 saturated carbocycles. The highest BCUT2D eigenvalue weighted by Crippen LogP contribution is 2.42. The van der Waals surface area contributed by atoms with Gasteiger partial charge in [-0.25, -0.2) is 4.79 Å². The first-order chi connectivity index (χ1) is 10.5. The Balaban J connectivity index is 1.56. The van der Waals surface area contributed by atoms with Crippen molar-refractivity contribution in [3.63, 3.8) is 0 Å². The number of hydrogen-bond donors (Lipinski definition) is 2. The Kier molecular flexibility index (Phi) is 4.08. The van der Waals surface area contributed by atoms with Gasteiger partial charge in [-0.15, -0.1) is 0 Å². The fraction of sp³-hybridized carbons (Fsp3) is 0.800. The SMILES string of the molecule is CCOC(=O)CCCN1C2CCC1CC1(C2)NC(=O)NC1=O. The summed E-state index contributed by atoms with van der Waals surface area (Å²) in [6.07, 6.45) is 4.65. The molecule has 3 amide bonds. The number of nitrogens with one attached hydrogen (secondary N) is 2. The zero-order chi connectivity index (χ0) is 15.7. The predicted octanol–water partition coefficient (Wildman–Crippen LogP) is 0.535. The van der Waals surface area contributed by atoms with Gasteiger partial charge in [0.1, 0.15) is 5.54 Å². The second kappa shape index (κ2) is 5.87. The average Bonchev–Trinajstić information content (AvgIpc) is 2.85. The van der Waals surface area contributed by atoms with Crippen molar-refractivity contribution >= 4 is 17.9 Å². The van der Waals surface area contributed by atoms with Gasteiger partial charge in [0.25, 0.3) is 5.91 Å². The summed E-state index contributed by atoms with van der Waals surface area (Å²) in [5.74, 6) is -0.327. The highest BCUT2D eigenvalue weighted by atomic mass is 16.5. The summed E-state index contributed by atoms with van der Waals surface area (Å²) in [4.78, 5) is 37.3. The van der Waals surface area contributed by atoms with Gasteiger partial charge in [-0.3, -0.25) is 19.8 Å². The fourth-order valence-electron chi connectivity index (χ4n) is 4.16. The molecule has 7 nitrogen and oxygen atoms in total. The van der Waals surface area contributed by atoms with E-state index in [9.17, 15) is 14.4 Å². The molecule has 0 aromatic heterocycles. The summed E-state index contributed by atoms with van der Waals surface area (Å²) < 4.78 is 4.94. The van der Waals surface area contributed by atoms with Crippen molar-refractivity contribution in [3.8, 4) is 0 Å². The number of ether oxygens (including phenoxy) is 1. The molecule has 2 atom stereocenters. The van der Waals surface area contributed by atoms with Crippen LogP contribution in [0.25, 0.3) is 0 Å². The zero-order valence-corrected chi connectivity index (χ0v) is 12.9. The van der Waals surface area contributed by atoms with Crippen LogP contribution in [0, 0.1) is 0 Å². The molecule has 2 bridgehead atoms. The molecule has 22 heavy (non-hydrogen) atoms. The van der Waals surface area contributed by atoms with Crippen LogP contribution in [0.2, 0.25) is 0 Å². The maximum Gasteiger partial charge on any atom is 0.322 e. The summed E-state index contributed by atoms with van der Waals surface area (Å²) in [6, 6.07) is 0.246. The van der Waals surface area contributed by atoms with Gasteiger partial charge in [0.2, 0.25) is 0 Å². The van der Waals surface area contributed by atoms with E-state index < -0.39 is 5.54 Å². The smallest absolute Gasteiger partial charge is 0.322 e. The van der Waals surface area contributed by atoms with E-state index in [0.29, 0.717) is 38.0 Å². The number of nitrogens with zero attached hydrogens (tertiary/aromatic N) is 1. The first-order valence-electron chi connectivity index (χ1n) is 8.09. The molecule has 3 heterocycles. The Bertz CT molecular complexity index is 479. The van der Waals surface area contributed by atoms with E-state index in [1.54, 1.807) is 0 Å². The van der Waals surface area contributed by atoms with E-state index in [1.807, 2.05) is 6.92 Å². The zero-order valence-electron chi connectivity index (χ0n) is 12.9. The van der Waals surface area contributed by atoms with Gasteiger partial charge in [0.05, 0.1) is 6.61 Å². The highest BCUT2D eigenvalue weighted by molar-refractivity contribution is 6.07. The van der Waals surface area contributed by atoms with E-state index in [2.05, 4.69) is 15.5 Å². The number of piperidine rings is 1. The van der Waals surface area contributed by atoms with Gasteiger partial charge < -0.3 is 10.1 Å². The maximum atomic E-state index is 12.1. The topological polar surface area (TPSA) is 87.7 Å². The molecule has 2 unspecified atom stereocenters. The van der Waals surface area contributed by atoms with E-state index in [-0.39, 0.29) is 17.9 Å². The van der Waals surface area contributed by atoms with Gasteiger partial charge in [-0.2, -0.15) is 0 Å². The molecule has 2 N–H and O–H groups in total. The number of esters is 1. The number of urea groups is 1. The van der Waals surface area contributed by atoms with Crippen molar-refractivity contribution in [2.45, 2.75) is 63.1 Å². The molecule has 0 aromatic rings. The number of carbonyl (C=O) groups excluding carboxylic acids is 3. The van der Waals surface area contributed by atoms with Crippen LogP contribution in [-0.4, -0.2) is 53.6 Å². The number of amides is 3. The molecule has 3 fully saturated rings. The van der Waals surface area contributed by atoms with Crippen molar-refractivity contribution in [3.05, 3.63) is 0 Å². The van der Waals surface area contributed by atoms with Crippen LogP contribution in [0.1, 0.15) is 45.4 Å². The van der Waals surface area contributed by atoms with Crippen LogP contribution >= 0.6 is 0 Å². The molecular weight excluding hydrogens is 286 g/mol. The van der Waals surface area contributed by atoms with Gasteiger partial charge in [0, 0.05) is 18.5 Å². The molecule has 0 aliphatic carbocycles. The maximum absolute atomic E-state index is 12.1. The molecule has 0 aromatic carbocycles. The lowest BCUT2D eigenvalue weighted by Gasteiger charge is -2.43. The lowest BCUT2D eigenvalue weighted by Crippen LogP contribution is -2.59. The summed E-state index contributed by atoms with van der Waals surface area (Å²) in [6.45, 7) is 3.08. The van der Waals surface area contributed by atoms with Crippen LogP contribution in [0.5, 0.6) is 0 Å². The molecule has 1 spiro atoms. The van der Waals surface area contributed by atoms with E-state index >= 15 is 0 Å². The second-order valence-electron chi connectivity index (χ2n) is 6.43. The highest BCUT2D eigenvalue weighted by Gasteiger charge is 2.55. The fourth-order valence-corrected chi connectivity index (χ4v) is 4.16. The number of imide groups is 1. The lowest BCUT2D eigenvalue weighted by molar-refractivity contribution is -0.143. The summed E-state index contributed by atoms with van der Waals surface area (Å²) >= 11 is 0. The third-order valence-corrected chi connectivity index (χ3v) is 5.06. The first-order valence-corrected chi connectivity index (χ1v) is 8.09. The van der Waals surface area contributed by atoms with Gasteiger partial charge in [0.15, 0.2) is 0 Å². The summed E-state index contributed by atoms with van der Waals surface area (Å²) in [7, 11) is 0. The third-order valence-electron chi connectivity index (χ3n) is 5.06. The van der Waals surface area contributed by atoms with Crippen molar-refractivity contribution in [1.29, 1.82) is 0 Å². The molecule has 0 radical (unpaired) electrons. The van der Waals surface area contributed by atoms with Gasteiger partial charge in [-0.1, -0.05) is 0 Å². The predicted molar refractivity (Wildman–Crippen MR) is 78.0 cm³/mol. The number of carbonyl (C=O) groups is 3. The largest absolute Gasteiger partial charge is 0.466 e. The Morgan fingerprint density at radius 2 is 2.00 bits per heavy atom. The average molecular weight is 309 g/mol. The van der Waals surface area contributed by atoms with Crippen LogP contribution in [0.3, 0.4) is 0 Å². The number of fused-ring (bicyclic) bond motifs is 2. The van der Waals surface area contributed by atoms with E-state index in [4.69, 9.17) is 4.74 Å². The number of hydrogen-bond acceptors (Lipinski definition) is 5. The lowest BCUT2D eigenvalue weighted by atomic mass is 9.82. The minimum atomic E-state index is -0.708. The number of rotatable bonds is 5. The quantitative estimate of drug-likeness (QED) is 0.571. The summed E-state index contributed by atoms with van der Waals surface area (Å²) in [5, 5.41) is 5.20. The monoisotopic (exact) mass is 309 g/mol. The molecule has 3 rings (SSSR count). The molecule has 122 valence electrons. The van der Waals surface area contributed by atoms with Crippen LogP contribution in [-0.2, 0) is 14.3 Å². The Morgan fingerprint density at radius 3 is 2.55 bits per heavy atom. The Labute approximate surface area is 129 Å².